The molecule has 0 spiro atoms. The van der Waals surface area contributed by atoms with Crippen LogP contribution in [0.25, 0.3) is 11.5 Å². The Morgan fingerprint density at radius 1 is 0.971 bits per heavy atom. The molecule has 0 fully saturated rings. The summed E-state index contributed by atoms with van der Waals surface area (Å²) in [6.45, 7) is 2.31. The zero-order chi connectivity index (χ0) is 24.6. The lowest BCUT2D eigenvalue weighted by Gasteiger charge is -2.15. The highest BCUT2D eigenvalue weighted by molar-refractivity contribution is 5.96. The zero-order valence-corrected chi connectivity index (χ0v) is 19.3. The van der Waals surface area contributed by atoms with Crippen molar-refractivity contribution in [1.82, 2.24) is 10.3 Å². The van der Waals surface area contributed by atoms with E-state index in [9.17, 15) is 14.7 Å². The molecule has 35 heavy (non-hydrogen) atoms. The highest BCUT2D eigenvalue weighted by Crippen LogP contribution is 2.22. The fourth-order valence-electron chi connectivity index (χ4n) is 3.62. The van der Waals surface area contributed by atoms with Gasteiger partial charge in [-0.2, -0.15) is 0 Å². The molecule has 0 saturated heterocycles. The molecule has 2 N–H and O–H groups in total. The number of nitrogens with zero attached hydrogens (tertiary/aromatic N) is 1. The molecule has 178 valence electrons. The first-order chi connectivity index (χ1) is 17.0. The number of aromatic nitrogens is 1. The lowest BCUT2D eigenvalue weighted by Crippen LogP contribution is -2.42. The fraction of sp³-hybridized carbons (Fsp3) is 0.179. The van der Waals surface area contributed by atoms with Crippen molar-refractivity contribution in [3.05, 3.63) is 108 Å². The van der Waals surface area contributed by atoms with Crippen molar-refractivity contribution in [3.63, 3.8) is 0 Å². The van der Waals surface area contributed by atoms with Gasteiger partial charge in [-0.25, -0.2) is 9.78 Å². The zero-order valence-electron chi connectivity index (χ0n) is 19.3. The van der Waals surface area contributed by atoms with E-state index < -0.39 is 17.9 Å². The van der Waals surface area contributed by atoms with Crippen LogP contribution in [0.5, 0.6) is 5.75 Å². The summed E-state index contributed by atoms with van der Waals surface area (Å²) in [7, 11) is 0. The highest BCUT2D eigenvalue weighted by Gasteiger charge is 2.21. The maximum absolute atomic E-state index is 12.3. The molecule has 4 aromatic rings. The average molecular weight is 471 g/mol. The van der Waals surface area contributed by atoms with Gasteiger partial charge in [0.2, 0.25) is 5.89 Å². The minimum atomic E-state index is -1.09. The van der Waals surface area contributed by atoms with Crippen LogP contribution in [0.1, 0.15) is 27.4 Å². The van der Waals surface area contributed by atoms with Crippen LogP contribution in [0.2, 0.25) is 0 Å². The predicted octanol–water partition coefficient (Wildman–Crippen LogP) is 4.70. The van der Waals surface area contributed by atoms with Crippen molar-refractivity contribution in [2.24, 2.45) is 0 Å². The van der Waals surface area contributed by atoms with Gasteiger partial charge in [-0.3, -0.25) is 4.79 Å². The van der Waals surface area contributed by atoms with E-state index in [1.54, 1.807) is 54.6 Å². The molecule has 1 aromatic heterocycles. The largest absolute Gasteiger partial charge is 0.493 e. The summed E-state index contributed by atoms with van der Waals surface area (Å²) >= 11 is 0. The third kappa shape index (κ3) is 6.35. The second-order valence-corrected chi connectivity index (χ2v) is 8.06. The smallest absolute Gasteiger partial charge is 0.326 e. The van der Waals surface area contributed by atoms with Crippen LogP contribution in [0.4, 0.5) is 0 Å². The molecule has 1 atom stereocenters. The Morgan fingerprint density at radius 2 is 1.63 bits per heavy atom. The van der Waals surface area contributed by atoms with Crippen LogP contribution in [0.15, 0.2) is 89.3 Å². The minimum Gasteiger partial charge on any atom is -0.493 e. The molecule has 1 heterocycles. The average Bonchev–Trinajstić information content (AvgIpc) is 3.26. The van der Waals surface area contributed by atoms with Gasteiger partial charge in [-0.1, -0.05) is 48.5 Å². The van der Waals surface area contributed by atoms with Crippen molar-refractivity contribution in [3.8, 4) is 17.2 Å². The molecule has 0 aliphatic carbocycles. The number of benzene rings is 3. The number of nitrogens with one attached hydrogen (secondary N) is 1. The topological polar surface area (TPSA) is 102 Å². The Hall–Kier alpha value is -4.39. The first kappa shape index (κ1) is 23.8. The number of carboxylic acid groups (broad SMARTS) is 1. The van der Waals surface area contributed by atoms with Crippen molar-refractivity contribution < 1.29 is 23.8 Å². The van der Waals surface area contributed by atoms with E-state index in [1.807, 2.05) is 37.3 Å². The van der Waals surface area contributed by atoms with Gasteiger partial charge < -0.3 is 19.6 Å². The third-order valence-electron chi connectivity index (χ3n) is 5.52. The minimum absolute atomic E-state index is 0.161. The van der Waals surface area contributed by atoms with Gasteiger partial charge in [0.05, 0.1) is 12.3 Å². The number of carbonyl (C=O) groups is 2. The normalized spacial score (nSPS) is 11.6. The van der Waals surface area contributed by atoms with E-state index in [1.165, 1.54) is 0 Å². The molecule has 1 amide bonds. The van der Waals surface area contributed by atoms with Crippen molar-refractivity contribution in [2.75, 3.05) is 6.61 Å². The lowest BCUT2D eigenvalue weighted by molar-refractivity contribution is -0.139. The van der Waals surface area contributed by atoms with E-state index in [0.29, 0.717) is 30.2 Å². The van der Waals surface area contributed by atoms with Crippen LogP contribution in [0.3, 0.4) is 0 Å². The maximum Gasteiger partial charge on any atom is 0.326 e. The summed E-state index contributed by atoms with van der Waals surface area (Å²) in [4.78, 5) is 28.6. The molecule has 3 aromatic carbocycles. The Balaban J connectivity index is 1.30. The summed E-state index contributed by atoms with van der Waals surface area (Å²) in [6.07, 6.45) is 0.755. The second-order valence-electron chi connectivity index (χ2n) is 8.06. The summed E-state index contributed by atoms with van der Waals surface area (Å²) in [5.41, 5.74) is 2.97. The lowest BCUT2D eigenvalue weighted by atomic mass is 10.1. The van der Waals surface area contributed by atoms with Crippen molar-refractivity contribution >= 4 is 11.9 Å². The van der Waals surface area contributed by atoms with E-state index in [-0.39, 0.29) is 6.42 Å². The maximum atomic E-state index is 12.3. The molecule has 0 saturated carbocycles. The number of aryl methyl sites for hydroxylation is 1. The molecule has 0 bridgehead atoms. The van der Waals surface area contributed by atoms with Gasteiger partial charge >= 0.3 is 5.97 Å². The van der Waals surface area contributed by atoms with Gasteiger partial charge in [0.25, 0.3) is 5.91 Å². The van der Waals surface area contributed by atoms with Gasteiger partial charge in [-0.05, 0) is 48.9 Å². The van der Waals surface area contributed by atoms with Crippen LogP contribution in [-0.4, -0.2) is 34.6 Å². The number of rotatable bonds is 10. The number of carboxylic acids is 1. The molecule has 0 aliphatic rings. The highest BCUT2D eigenvalue weighted by atomic mass is 16.5. The summed E-state index contributed by atoms with van der Waals surface area (Å²) in [6, 6.07) is 24.4. The Kier molecular flexibility index (Phi) is 7.57. The van der Waals surface area contributed by atoms with Crippen molar-refractivity contribution in [1.29, 1.82) is 0 Å². The monoisotopic (exact) mass is 470 g/mol. The summed E-state index contributed by atoms with van der Waals surface area (Å²) in [5, 5.41) is 12.1. The standard InChI is InChI=1S/C28H26N2O5/c1-19-24(30-27(35-19)22-10-6-3-7-11-22)16-17-34-23-14-12-20(13-15-23)18-25(28(32)33)29-26(31)21-8-4-2-5-9-21/h2-15,25H,16-18H2,1H3,(H,29,31)(H,32,33)/t25-/m0/s1. The number of amides is 1. The van der Waals surface area contributed by atoms with Gasteiger partial charge in [0, 0.05) is 24.0 Å². The van der Waals surface area contributed by atoms with Gasteiger partial charge in [0.1, 0.15) is 17.6 Å². The third-order valence-corrected chi connectivity index (χ3v) is 5.52. The number of aliphatic carboxylic acids is 1. The molecule has 7 nitrogen and oxygen atoms in total. The number of carbonyl (C=O) groups excluding carboxylic acids is 1. The Bertz CT molecular complexity index is 1270. The van der Waals surface area contributed by atoms with Crippen molar-refractivity contribution in [2.45, 2.75) is 25.8 Å². The molecular weight excluding hydrogens is 444 g/mol. The molecule has 0 radical (unpaired) electrons. The Morgan fingerprint density at radius 3 is 2.29 bits per heavy atom. The number of hydrogen-bond donors (Lipinski definition) is 2. The first-order valence-electron chi connectivity index (χ1n) is 11.3. The fourth-order valence-corrected chi connectivity index (χ4v) is 3.62. The molecule has 7 heteroatoms. The van der Waals surface area contributed by atoms with E-state index in [2.05, 4.69) is 10.3 Å². The van der Waals surface area contributed by atoms with Crippen LogP contribution in [0, 0.1) is 6.92 Å². The Labute approximate surface area is 203 Å². The quantitative estimate of drug-likeness (QED) is 0.348. The summed E-state index contributed by atoms with van der Waals surface area (Å²) in [5.74, 6) is 0.511. The second kappa shape index (κ2) is 11.2. The first-order valence-corrected chi connectivity index (χ1v) is 11.3. The van der Waals surface area contributed by atoms with Crippen LogP contribution < -0.4 is 10.1 Å². The number of ether oxygens (including phenoxy) is 1. The number of hydrogen-bond acceptors (Lipinski definition) is 5. The SMILES string of the molecule is Cc1oc(-c2ccccc2)nc1CCOc1ccc(C[C@H](NC(=O)c2ccccc2)C(=O)O)cc1. The van der Waals surface area contributed by atoms with Gasteiger partial charge in [0.15, 0.2) is 0 Å². The molecular formula is C28H26N2O5. The predicted molar refractivity (Wildman–Crippen MR) is 131 cm³/mol. The molecule has 0 unspecified atom stereocenters. The van der Waals surface area contributed by atoms with Crippen LogP contribution in [-0.2, 0) is 17.6 Å². The van der Waals surface area contributed by atoms with E-state index >= 15 is 0 Å². The summed E-state index contributed by atoms with van der Waals surface area (Å²) < 4.78 is 11.6. The number of oxazole rings is 1. The molecule has 4 rings (SSSR count). The van der Waals surface area contributed by atoms with Crippen LogP contribution >= 0.6 is 0 Å². The van der Waals surface area contributed by atoms with Gasteiger partial charge in [-0.15, -0.1) is 0 Å². The van der Waals surface area contributed by atoms with E-state index in [4.69, 9.17) is 9.15 Å². The van der Waals surface area contributed by atoms with E-state index in [0.717, 1.165) is 22.6 Å². The molecule has 0 aliphatic heterocycles.